The van der Waals surface area contributed by atoms with Crippen molar-refractivity contribution >= 4 is 11.0 Å². The molecular formula is C10H10N2O2. The number of ether oxygens (including phenoxy) is 1. The first-order chi connectivity index (χ1) is 6.79. The number of hydrogen-bond acceptors (Lipinski definition) is 3. The zero-order chi connectivity index (χ0) is 9.97. The van der Waals surface area contributed by atoms with Gasteiger partial charge < -0.3 is 9.72 Å². The van der Waals surface area contributed by atoms with Crippen molar-refractivity contribution in [2.45, 2.75) is 6.92 Å². The summed E-state index contributed by atoms with van der Waals surface area (Å²) in [6, 6.07) is 6.85. The minimum Gasteiger partial charge on any atom is -0.465 e. The largest absolute Gasteiger partial charge is 0.465 e. The van der Waals surface area contributed by atoms with Crippen molar-refractivity contribution in [3.8, 4) is 6.01 Å². The lowest BCUT2D eigenvalue weighted by molar-refractivity contribution is 0.317. The average Bonchev–Trinajstić information content (AvgIpc) is 2.47. The van der Waals surface area contributed by atoms with Crippen LogP contribution in [0.15, 0.2) is 29.1 Å². The molecule has 0 bridgehead atoms. The van der Waals surface area contributed by atoms with Crippen molar-refractivity contribution in [1.29, 1.82) is 0 Å². The van der Waals surface area contributed by atoms with E-state index in [1.54, 1.807) is 12.1 Å². The Hall–Kier alpha value is -1.84. The molecule has 0 saturated heterocycles. The van der Waals surface area contributed by atoms with Gasteiger partial charge in [0.25, 0.3) is 6.01 Å². The second-order valence-electron chi connectivity index (χ2n) is 2.84. The van der Waals surface area contributed by atoms with Gasteiger partial charge in [-0.3, -0.25) is 4.79 Å². The quantitative estimate of drug-likeness (QED) is 0.777. The van der Waals surface area contributed by atoms with Crippen LogP contribution in [-0.4, -0.2) is 16.6 Å². The number of aromatic nitrogens is 2. The summed E-state index contributed by atoms with van der Waals surface area (Å²) in [7, 11) is 0. The molecule has 0 unspecified atom stereocenters. The summed E-state index contributed by atoms with van der Waals surface area (Å²) >= 11 is 0. The number of H-pyrrole nitrogens is 1. The predicted octanol–water partition coefficient (Wildman–Crippen LogP) is 1.32. The van der Waals surface area contributed by atoms with Crippen LogP contribution in [0.1, 0.15) is 6.92 Å². The summed E-state index contributed by atoms with van der Waals surface area (Å²) in [5.41, 5.74) is 1.50. The highest BCUT2D eigenvalue weighted by molar-refractivity contribution is 5.74. The van der Waals surface area contributed by atoms with Gasteiger partial charge in [-0.2, -0.15) is 4.98 Å². The fraction of sp³-hybridized carbons (Fsp3) is 0.200. The number of aromatic amines is 1. The maximum Gasteiger partial charge on any atom is 0.294 e. The molecule has 0 aliphatic rings. The highest BCUT2D eigenvalue weighted by atomic mass is 16.5. The van der Waals surface area contributed by atoms with Crippen LogP contribution in [0.4, 0.5) is 0 Å². The molecule has 0 aliphatic heterocycles. The van der Waals surface area contributed by atoms with E-state index < -0.39 is 0 Å². The Morgan fingerprint density at radius 1 is 1.36 bits per heavy atom. The highest BCUT2D eigenvalue weighted by Gasteiger charge is 2.00. The topological polar surface area (TPSA) is 55.0 Å². The smallest absolute Gasteiger partial charge is 0.294 e. The normalized spacial score (nSPS) is 10.4. The molecule has 72 valence electrons. The lowest BCUT2D eigenvalue weighted by Crippen LogP contribution is -1.92. The molecule has 2 aromatic rings. The van der Waals surface area contributed by atoms with Gasteiger partial charge in [0.1, 0.15) is 0 Å². The molecule has 2 rings (SSSR count). The number of hydrogen-bond donors (Lipinski definition) is 1. The van der Waals surface area contributed by atoms with Crippen molar-refractivity contribution in [3.05, 3.63) is 34.5 Å². The van der Waals surface area contributed by atoms with Crippen LogP contribution in [0.3, 0.4) is 0 Å². The van der Waals surface area contributed by atoms with Crippen molar-refractivity contribution in [3.63, 3.8) is 0 Å². The van der Waals surface area contributed by atoms with Crippen LogP contribution in [0.25, 0.3) is 11.0 Å². The lowest BCUT2D eigenvalue weighted by Gasteiger charge is -1.93. The van der Waals surface area contributed by atoms with Crippen LogP contribution < -0.4 is 10.2 Å². The van der Waals surface area contributed by atoms with Crippen molar-refractivity contribution in [1.82, 2.24) is 9.97 Å². The first-order valence-corrected chi connectivity index (χ1v) is 4.42. The molecule has 4 nitrogen and oxygen atoms in total. The Morgan fingerprint density at radius 3 is 2.93 bits per heavy atom. The fourth-order valence-electron chi connectivity index (χ4n) is 1.22. The molecule has 0 fully saturated rings. The zero-order valence-corrected chi connectivity index (χ0v) is 7.78. The Kier molecular flexibility index (Phi) is 2.18. The average molecular weight is 190 g/mol. The summed E-state index contributed by atoms with van der Waals surface area (Å²) in [6.45, 7) is 2.46. The van der Waals surface area contributed by atoms with E-state index >= 15 is 0 Å². The molecule has 0 saturated carbocycles. The van der Waals surface area contributed by atoms with Gasteiger partial charge >= 0.3 is 0 Å². The third-order valence-corrected chi connectivity index (χ3v) is 1.84. The molecular weight excluding hydrogens is 180 g/mol. The first kappa shape index (κ1) is 8.74. The van der Waals surface area contributed by atoms with Crippen LogP contribution in [0, 0.1) is 0 Å². The van der Waals surface area contributed by atoms with E-state index in [-0.39, 0.29) is 5.43 Å². The Balaban J connectivity index is 2.58. The molecule has 0 spiro atoms. The van der Waals surface area contributed by atoms with Gasteiger partial charge in [0, 0.05) is 0 Å². The molecule has 0 radical (unpaired) electrons. The highest BCUT2D eigenvalue weighted by Crippen LogP contribution is 2.12. The van der Waals surface area contributed by atoms with Gasteiger partial charge in [-0.1, -0.05) is 0 Å². The Bertz CT molecular complexity index is 465. The van der Waals surface area contributed by atoms with Crippen molar-refractivity contribution in [2.75, 3.05) is 6.61 Å². The molecule has 0 amide bonds. The molecule has 1 aromatic carbocycles. The van der Waals surface area contributed by atoms with Crippen molar-refractivity contribution in [2.24, 2.45) is 0 Å². The number of rotatable bonds is 2. The van der Waals surface area contributed by atoms with Crippen LogP contribution >= 0.6 is 0 Å². The van der Waals surface area contributed by atoms with Crippen LogP contribution in [-0.2, 0) is 0 Å². The standard InChI is InChI=1S/C10H10N2O2/c1-2-14-10-11-8-5-3-7(13)4-6-9(8)12-10/h3-6H,2H2,1H3,(H,11,12). The molecule has 4 heteroatoms. The zero-order valence-electron chi connectivity index (χ0n) is 7.78. The van der Waals surface area contributed by atoms with E-state index in [0.29, 0.717) is 12.6 Å². The van der Waals surface area contributed by atoms with Crippen LogP contribution in [0.2, 0.25) is 0 Å². The van der Waals surface area contributed by atoms with E-state index in [1.165, 1.54) is 12.1 Å². The van der Waals surface area contributed by atoms with Gasteiger partial charge in [0.05, 0.1) is 17.6 Å². The predicted molar refractivity (Wildman–Crippen MR) is 53.5 cm³/mol. The molecule has 1 heterocycles. The molecule has 1 N–H and O–H groups in total. The number of nitrogens with zero attached hydrogens (tertiary/aromatic N) is 1. The van der Waals surface area contributed by atoms with Gasteiger partial charge in [0.2, 0.25) is 0 Å². The summed E-state index contributed by atoms with van der Waals surface area (Å²) < 4.78 is 5.21. The van der Waals surface area contributed by atoms with E-state index in [1.807, 2.05) is 6.92 Å². The molecule has 1 aromatic heterocycles. The van der Waals surface area contributed by atoms with Gasteiger partial charge in [0.15, 0.2) is 5.43 Å². The Labute approximate surface area is 80.6 Å². The van der Waals surface area contributed by atoms with Gasteiger partial charge in [-0.05, 0) is 31.2 Å². The van der Waals surface area contributed by atoms with E-state index in [9.17, 15) is 4.79 Å². The second-order valence-corrected chi connectivity index (χ2v) is 2.84. The summed E-state index contributed by atoms with van der Waals surface area (Å²) in [5, 5.41) is 0. The second kappa shape index (κ2) is 3.49. The van der Waals surface area contributed by atoms with E-state index in [0.717, 1.165) is 11.0 Å². The summed E-state index contributed by atoms with van der Waals surface area (Å²) in [5.74, 6) is 0. The third-order valence-electron chi connectivity index (χ3n) is 1.84. The molecule has 0 aliphatic carbocycles. The van der Waals surface area contributed by atoms with E-state index in [4.69, 9.17) is 4.74 Å². The van der Waals surface area contributed by atoms with Gasteiger partial charge in [-0.15, -0.1) is 0 Å². The number of fused-ring (bicyclic) bond motifs is 1. The number of imidazole rings is 1. The monoisotopic (exact) mass is 190 g/mol. The minimum atomic E-state index is -0.0330. The third kappa shape index (κ3) is 1.59. The SMILES string of the molecule is CCOc1nc2ccc(=O)ccc2[nH]1. The lowest BCUT2D eigenvalue weighted by atomic mass is 10.4. The maximum absolute atomic E-state index is 11.0. The fourth-order valence-corrected chi connectivity index (χ4v) is 1.22. The summed E-state index contributed by atoms with van der Waals surface area (Å²) in [4.78, 5) is 18.2. The van der Waals surface area contributed by atoms with Crippen LogP contribution in [0.5, 0.6) is 6.01 Å². The van der Waals surface area contributed by atoms with E-state index in [2.05, 4.69) is 9.97 Å². The first-order valence-electron chi connectivity index (χ1n) is 4.42. The Morgan fingerprint density at radius 2 is 2.14 bits per heavy atom. The van der Waals surface area contributed by atoms with Gasteiger partial charge in [-0.25, -0.2) is 0 Å². The maximum atomic E-state index is 11.0. The number of nitrogens with one attached hydrogen (secondary N) is 1. The molecule has 14 heavy (non-hydrogen) atoms. The molecule has 0 atom stereocenters. The van der Waals surface area contributed by atoms with Crippen molar-refractivity contribution < 1.29 is 4.74 Å². The minimum absolute atomic E-state index is 0.0330. The summed E-state index contributed by atoms with van der Waals surface area (Å²) in [6.07, 6.45) is 0.